The SMILES string of the molecule is Cc1ccc(O[C@@H]2C[C@@H]3CN(C(=O)c4ccc(C#N)nc4)C[C@@H]3C[C@H]2O)c(C)n1. The normalized spacial score (nSPS) is 25.9. The van der Waals surface area contributed by atoms with Gasteiger partial charge in [0.05, 0.1) is 17.4 Å². The number of aryl methyl sites for hydroxylation is 2. The van der Waals surface area contributed by atoms with Crippen LogP contribution >= 0.6 is 0 Å². The summed E-state index contributed by atoms with van der Waals surface area (Å²) in [5.41, 5.74) is 2.52. The number of nitriles is 1. The van der Waals surface area contributed by atoms with Gasteiger partial charge in [-0.2, -0.15) is 5.26 Å². The molecule has 0 bridgehead atoms. The lowest BCUT2D eigenvalue weighted by Crippen LogP contribution is -2.42. The molecule has 1 saturated heterocycles. The van der Waals surface area contributed by atoms with Gasteiger partial charge in [0.15, 0.2) is 0 Å². The van der Waals surface area contributed by atoms with Crippen molar-refractivity contribution in [2.45, 2.75) is 38.9 Å². The monoisotopic (exact) mass is 392 g/mol. The molecule has 7 heteroatoms. The van der Waals surface area contributed by atoms with Crippen LogP contribution in [0.15, 0.2) is 30.5 Å². The van der Waals surface area contributed by atoms with Gasteiger partial charge in [0, 0.05) is 25.0 Å². The molecule has 1 N–H and O–H groups in total. The van der Waals surface area contributed by atoms with E-state index < -0.39 is 6.10 Å². The van der Waals surface area contributed by atoms with Crippen LogP contribution in [-0.4, -0.2) is 51.2 Å². The molecule has 0 unspecified atom stereocenters. The van der Waals surface area contributed by atoms with Gasteiger partial charge in [-0.3, -0.25) is 9.78 Å². The zero-order chi connectivity index (χ0) is 20.5. The van der Waals surface area contributed by atoms with Crippen molar-refractivity contribution >= 4 is 5.91 Å². The van der Waals surface area contributed by atoms with E-state index in [1.807, 2.05) is 36.9 Å². The molecule has 1 saturated carbocycles. The lowest BCUT2D eigenvalue weighted by molar-refractivity contribution is -0.0236. The Bertz CT molecular complexity index is 954. The van der Waals surface area contributed by atoms with Gasteiger partial charge in [0.25, 0.3) is 5.91 Å². The first-order valence-corrected chi connectivity index (χ1v) is 9.89. The first-order chi connectivity index (χ1) is 13.9. The van der Waals surface area contributed by atoms with E-state index in [0.29, 0.717) is 42.9 Å². The van der Waals surface area contributed by atoms with Crippen molar-refractivity contribution in [2.75, 3.05) is 13.1 Å². The zero-order valence-electron chi connectivity index (χ0n) is 16.6. The molecular formula is C22H24N4O3. The number of aliphatic hydroxyl groups is 1. The predicted molar refractivity (Wildman–Crippen MR) is 105 cm³/mol. The number of likely N-dealkylation sites (tertiary alicyclic amines) is 1. The van der Waals surface area contributed by atoms with E-state index in [4.69, 9.17) is 10.00 Å². The van der Waals surface area contributed by atoms with Crippen molar-refractivity contribution in [1.82, 2.24) is 14.9 Å². The maximum absolute atomic E-state index is 12.8. The lowest BCUT2D eigenvalue weighted by atomic mass is 9.78. The second-order valence-electron chi connectivity index (χ2n) is 8.01. The Labute approximate surface area is 170 Å². The smallest absolute Gasteiger partial charge is 0.255 e. The van der Waals surface area contributed by atoms with Gasteiger partial charge in [-0.1, -0.05) is 0 Å². The largest absolute Gasteiger partial charge is 0.486 e. The molecule has 1 aliphatic carbocycles. The summed E-state index contributed by atoms with van der Waals surface area (Å²) in [5.74, 6) is 1.17. The Morgan fingerprint density at radius 1 is 1.21 bits per heavy atom. The minimum absolute atomic E-state index is 0.0815. The Hall–Kier alpha value is -2.98. The van der Waals surface area contributed by atoms with Gasteiger partial charge in [-0.15, -0.1) is 0 Å². The van der Waals surface area contributed by atoms with Crippen LogP contribution in [0.5, 0.6) is 5.75 Å². The molecule has 29 heavy (non-hydrogen) atoms. The van der Waals surface area contributed by atoms with Crippen molar-refractivity contribution in [3.8, 4) is 11.8 Å². The summed E-state index contributed by atoms with van der Waals surface area (Å²) >= 11 is 0. The van der Waals surface area contributed by atoms with Crippen LogP contribution in [0.1, 0.15) is 40.3 Å². The number of aromatic nitrogens is 2. The number of aliphatic hydroxyl groups excluding tert-OH is 1. The van der Waals surface area contributed by atoms with Crippen LogP contribution in [0.25, 0.3) is 0 Å². The average Bonchev–Trinajstić information content (AvgIpc) is 3.12. The predicted octanol–water partition coefficient (Wildman–Crippen LogP) is 2.26. The molecular weight excluding hydrogens is 368 g/mol. The molecule has 3 heterocycles. The molecule has 4 atom stereocenters. The van der Waals surface area contributed by atoms with Gasteiger partial charge >= 0.3 is 0 Å². The van der Waals surface area contributed by atoms with Gasteiger partial charge in [0.2, 0.25) is 0 Å². The summed E-state index contributed by atoms with van der Waals surface area (Å²) in [6.45, 7) is 5.10. The van der Waals surface area contributed by atoms with Gasteiger partial charge in [0.1, 0.15) is 23.6 Å². The molecule has 2 aliphatic rings. The Kier molecular flexibility index (Phi) is 5.20. The number of hydrogen-bond donors (Lipinski definition) is 1. The summed E-state index contributed by atoms with van der Waals surface area (Å²) in [6.07, 6.45) is 1.91. The summed E-state index contributed by atoms with van der Waals surface area (Å²) in [7, 11) is 0. The fourth-order valence-corrected chi connectivity index (χ4v) is 4.41. The summed E-state index contributed by atoms with van der Waals surface area (Å²) < 4.78 is 6.11. The zero-order valence-corrected chi connectivity index (χ0v) is 16.6. The number of nitrogens with zero attached hydrogens (tertiary/aromatic N) is 4. The maximum atomic E-state index is 12.8. The highest BCUT2D eigenvalue weighted by Crippen LogP contribution is 2.38. The molecule has 2 aromatic heterocycles. The summed E-state index contributed by atoms with van der Waals surface area (Å²) in [5, 5.41) is 19.5. The highest BCUT2D eigenvalue weighted by molar-refractivity contribution is 5.94. The highest BCUT2D eigenvalue weighted by Gasteiger charge is 2.44. The van der Waals surface area contributed by atoms with E-state index in [0.717, 1.165) is 11.4 Å². The number of pyridine rings is 2. The minimum Gasteiger partial charge on any atom is -0.486 e. The highest BCUT2D eigenvalue weighted by atomic mass is 16.5. The van der Waals surface area contributed by atoms with Crippen LogP contribution in [0.2, 0.25) is 0 Å². The standard InChI is InChI=1S/C22H24N4O3/c1-13-3-6-20(14(2)25-13)29-21-8-17-12-26(11-16(17)7-19(21)27)22(28)15-4-5-18(9-23)24-10-15/h3-6,10,16-17,19,21,27H,7-8,11-12H2,1-2H3/t16-,17+,19+,21+/m0/s1. The van der Waals surface area contributed by atoms with Crippen LogP contribution in [0.4, 0.5) is 0 Å². The third-order valence-corrected chi connectivity index (χ3v) is 5.95. The first-order valence-electron chi connectivity index (χ1n) is 9.89. The van der Waals surface area contributed by atoms with E-state index in [9.17, 15) is 9.90 Å². The van der Waals surface area contributed by atoms with Gasteiger partial charge in [-0.05, 0) is 62.8 Å². The van der Waals surface area contributed by atoms with E-state index in [1.54, 1.807) is 12.1 Å². The second kappa shape index (κ2) is 7.80. The van der Waals surface area contributed by atoms with E-state index in [1.165, 1.54) is 6.20 Å². The summed E-state index contributed by atoms with van der Waals surface area (Å²) in [6, 6.07) is 8.96. The topological polar surface area (TPSA) is 99.3 Å². The third kappa shape index (κ3) is 3.94. The van der Waals surface area contributed by atoms with Gasteiger partial charge < -0.3 is 14.7 Å². The molecule has 1 aliphatic heterocycles. The maximum Gasteiger partial charge on any atom is 0.255 e. The van der Waals surface area contributed by atoms with E-state index in [2.05, 4.69) is 9.97 Å². The number of fused-ring (bicyclic) bond motifs is 1. The Balaban J connectivity index is 1.43. The Morgan fingerprint density at radius 2 is 1.97 bits per heavy atom. The fraction of sp³-hybridized carbons (Fsp3) is 0.455. The molecule has 2 fully saturated rings. The molecule has 150 valence electrons. The van der Waals surface area contributed by atoms with Crippen molar-refractivity contribution in [3.05, 3.63) is 53.1 Å². The van der Waals surface area contributed by atoms with E-state index in [-0.39, 0.29) is 23.8 Å². The molecule has 0 aromatic carbocycles. The van der Waals surface area contributed by atoms with Crippen molar-refractivity contribution in [2.24, 2.45) is 11.8 Å². The molecule has 2 aromatic rings. The fourth-order valence-electron chi connectivity index (χ4n) is 4.41. The number of ether oxygens (including phenoxy) is 1. The quantitative estimate of drug-likeness (QED) is 0.860. The number of carbonyl (C=O) groups is 1. The number of carbonyl (C=O) groups excluding carboxylic acids is 1. The molecule has 1 amide bonds. The van der Waals surface area contributed by atoms with Crippen molar-refractivity contribution < 1.29 is 14.6 Å². The third-order valence-electron chi connectivity index (χ3n) is 5.95. The number of amides is 1. The minimum atomic E-state index is -0.566. The van der Waals surface area contributed by atoms with Crippen molar-refractivity contribution in [1.29, 1.82) is 5.26 Å². The molecule has 0 spiro atoms. The average molecular weight is 392 g/mol. The molecule has 4 rings (SSSR count). The molecule has 0 radical (unpaired) electrons. The van der Waals surface area contributed by atoms with Gasteiger partial charge in [-0.25, -0.2) is 4.98 Å². The first kappa shape index (κ1) is 19.3. The Morgan fingerprint density at radius 3 is 2.62 bits per heavy atom. The summed E-state index contributed by atoms with van der Waals surface area (Å²) in [4.78, 5) is 23.1. The lowest BCUT2D eigenvalue weighted by Gasteiger charge is -2.35. The second-order valence-corrected chi connectivity index (χ2v) is 8.01. The van der Waals surface area contributed by atoms with Crippen LogP contribution in [0.3, 0.4) is 0 Å². The van der Waals surface area contributed by atoms with Crippen LogP contribution in [-0.2, 0) is 0 Å². The van der Waals surface area contributed by atoms with E-state index >= 15 is 0 Å². The van der Waals surface area contributed by atoms with Crippen LogP contribution in [0, 0.1) is 37.0 Å². The van der Waals surface area contributed by atoms with Crippen LogP contribution < -0.4 is 4.74 Å². The number of hydrogen-bond acceptors (Lipinski definition) is 6. The molecule has 7 nitrogen and oxygen atoms in total. The number of rotatable bonds is 3. The van der Waals surface area contributed by atoms with Crippen molar-refractivity contribution in [3.63, 3.8) is 0 Å².